The molecule has 0 amide bonds. The molecule has 0 bridgehead atoms. The molecule has 0 saturated carbocycles. The summed E-state index contributed by atoms with van der Waals surface area (Å²) in [5, 5.41) is 0. The first-order chi connectivity index (χ1) is 16.0. The fourth-order valence-corrected chi connectivity index (χ4v) is 4.45. The number of hydrogen-bond acceptors (Lipinski definition) is 6. The summed E-state index contributed by atoms with van der Waals surface area (Å²) in [4.78, 5) is 25.4. The number of aryl methyl sites for hydroxylation is 1. The van der Waals surface area contributed by atoms with E-state index in [4.69, 9.17) is 18.9 Å². The predicted octanol–water partition coefficient (Wildman–Crippen LogP) is 5.39. The second-order valence-corrected chi connectivity index (χ2v) is 8.70. The highest BCUT2D eigenvalue weighted by atomic mass is 79.9. The maximum Gasteiger partial charge on any atom is 0.315 e. The van der Waals surface area contributed by atoms with Crippen LogP contribution in [-0.2, 0) is 22.6 Å². The summed E-state index contributed by atoms with van der Waals surface area (Å²) < 4.78 is 23.2. The second kappa shape index (κ2) is 8.84. The first-order valence-electron chi connectivity index (χ1n) is 10.3. The number of carbonyl (C=O) groups is 2. The summed E-state index contributed by atoms with van der Waals surface area (Å²) in [5.74, 6) is 0.919. The highest BCUT2D eigenvalue weighted by Gasteiger charge is 2.31. The Bertz CT molecular complexity index is 1300. The quantitative estimate of drug-likeness (QED) is 0.268. The number of esters is 1. The highest BCUT2D eigenvalue weighted by Crippen LogP contribution is 2.39. The van der Waals surface area contributed by atoms with Gasteiger partial charge in [0.25, 0.3) is 0 Å². The molecule has 0 saturated heterocycles. The zero-order valence-electron chi connectivity index (χ0n) is 17.7. The third kappa shape index (κ3) is 4.42. The zero-order valence-corrected chi connectivity index (χ0v) is 19.3. The minimum atomic E-state index is -0.388. The van der Waals surface area contributed by atoms with E-state index in [1.165, 1.54) is 0 Å². The smallest absolute Gasteiger partial charge is 0.315 e. The Labute approximate surface area is 198 Å². The van der Waals surface area contributed by atoms with Gasteiger partial charge in [0.15, 0.2) is 12.6 Å². The molecular weight excluding hydrogens is 488 g/mol. The van der Waals surface area contributed by atoms with E-state index < -0.39 is 0 Å². The number of ketones is 1. The number of ether oxygens (including phenoxy) is 4. The topological polar surface area (TPSA) is 71.1 Å². The monoisotopic (exact) mass is 506 g/mol. The van der Waals surface area contributed by atoms with Gasteiger partial charge in [0.05, 0.1) is 18.6 Å². The standard InChI is InChI=1S/C26H19BrO6/c1-15-7-20(32-23(28)8-16-5-3-2-4-6-16)12-21-24(15)25(29)22(33-21)11-17-9-19(27)10-18-13-30-14-31-26(17)18/h2-7,9-12H,8,13-14H2,1H3/b22-11-. The predicted molar refractivity (Wildman–Crippen MR) is 124 cm³/mol. The summed E-state index contributed by atoms with van der Waals surface area (Å²) >= 11 is 3.49. The molecule has 2 aliphatic heterocycles. The number of benzene rings is 3. The van der Waals surface area contributed by atoms with Gasteiger partial charge in [-0.2, -0.15) is 0 Å². The van der Waals surface area contributed by atoms with Crippen LogP contribution in [0.2, 0.25) is 0 Å². The lowest BCUT2D eigenvalue weighted by Gasteiger charge is -2.20. The van der Waals surface area contributed by atoms with Crippen LogP contribution < -0.4 is 14.2 Å². The summed E-state index contributed by atoms with van der Waals surface area (Å²) in [5.41, 5.74) is 3.59. The lowest BCUT2D eigenvalue weighted by molar-refractivity contribution is -0.133. The van der Waals surface area contributed by atoms with Crippen molar-refractivity contribution >= 4 is 33.8 Å². The molecule has 0 fully saturated rings. The van der Waals surface area contributed by atoms with E-state index in [2.05, 4.69) is 15.9 Å². The molecule has 0 aromatic heterocycles. The van der Waals surface area contributed by atoms with Crippen molar-refractivity contribution in [3.63, 3.8) is 0 Å². The molecule has 0 spiro atoms. The van der Waals surface area contributed by atoms with Crippen LogP contribution in [0.1, 0.15) is 32.6 Å². The summed E-state index contributed by atoms with van der Waals surface area (Å²) in [6, 6.07) is 16.4. The van der Waals surface area contributed by atoms with Crippen LogP contribution in [0.5, 0.6) is 17.2 Å². The molecule has 3 aromatic carbocycles. The molecule has 0 radical (unpaired) electrons. The molecule has 2 heterocycles. The van der Waals surface area contributed by atoms with Gasteiger partial charge >= 0.3 is 5.97 Å². The van der Waals surface area contributed by atoms with Crippen LogP contribution in [0.25, 0.3) is 6.08 Å². The van der Waals surface area contributed by atoms with Gasteiger partial charge in [-0.25, -0.2) is 0 Å². The first kappa shape index (κ1) is 21.4. The molecule has 3 aromatic rings. The third-order valence-corrected chi connectivity index (χ3v) is 5.81. The maximum atomic E-state index is 13.1. The molecule has 0 atom stereocenters. The normalized spacial score (nSPS) is 15.5. The summed E-state index contributed by atoms with van der Waals surface area (Å²) in [7, 11) is 0. The largest absolute Gasteiger partial charge is 0.467 e. The van der Waals surface area contributed by atoms with E-state index in [1.54, 1.807) is 25.1 Å². The number of Topliss-reactive ketones (excluding diaryl/α,β-unsaturated/α-hetero) is 1. The van der Waals surface area contributed by atoms with E-state index in [9.17, 15) is 9.59 Å². The molecular formula is C26H19BrO6. The third-order valence-electron chi connectivity index (χ3n) is 5.36. The van der Waals surface area contributed by atoms with Crippen LogP contribution >= 0.6 is 15.9 Å². The van der Waals surface area contributed by atoms with Crippen molar-refractivity contribution in [3.05, 3.63) is 92.6 Å². The average Bonchev–Trinajstić information content (AvgIpc) is 3.09. The molecule has 0 unspecified atom stereocenters. The van der Waals surface area contributed by atoms with E-state index in [0.717, 1.165) is 15.6 Å². The van der Waals surface area contributed by atoms with Crippen LogP contribution in [0.4, 0.5) is 0 Å². The van der Waals surface area contributed by atoms with Gasteiger partial charge in [0, 0.05) is 21.7 Å². The maximum absolute atomic E-state index is 13.1. The number of rotatable bonds is 4. The number of hydrogen-bond donors (Lipinski definition) is 0. The highest BCUT2D eigenvalue weighted by molar-refractivity contribution is 9.10. The molecule has 166 valence electrons. The Balaban J connectivity index is 1.40. The van der Waals surface area contributed by atoms with Crippen molar-refractivity contribution in [1.82, 2.24) is 0 Å². The molecule has 5 rings (SSSR count). The van der Waals surface area contributed by atoms with Crippen molar-refractivity contribution in [2.24, 2.45) is 0 Å². The lowest BCUT2D eigenvalue weighted by Crippen LogP contribution is -2.12. The van der Waals surface area contributed by atoms with Crippen molar-refractivity contribution in [2.75, 3.05) is 6.79 Å². The van der Waals surface area contributed by atoms with Crippen LogP contribution in [-0.4, -0.2) is 18.5 Å². The van der Waals surface area contributed by atoms with E-state index in [0.29, 0.717) is 40.5 Å². The number of carbonyl (C=O) groups excluding carboxylic acids is 2. The van der Waals surface area contributed by atoms with Crippen molar-refractivity contribution in [2.45, 2.75) is 20.0 Å². The molecule has 2 aliphatic rings. The van der Waals surface area contributed by atoms with Crippen molar-refractivity contribution in [3.8, 4) is 17.2 Å². The Kier molecular flexibility index (Phi) is 5.74. The van der Waals surface area contributed by atoms with Gasteiger partial charge in [0.2, 0.25) is 5.78 Å². The minimum absolute atomic E-state index is 0.149. The van der Waals surface area contributed by atoms with Crippen LogP contribution in [0, 0.1) is 6.92 Å². The van der Waals surface area contributed by atoms with Crippen LogP contribution in [0.15, 0.2) is 64.8 Å². The van der Waals surface area contributed by atoms with Gasteiger partial charge in [-0.1, -0.05) is 46.3 Å². The summed E-state index contributed by atoms with van der Waals surface area (Å²) in [6.07, 6.45) is 1.82. The van der Waals surface area contributed by atoms with Crippen LogP contribution in [0.3, 0.4) is 0 Å². The Morgan fingerprint density at radius 2 is 1.97 bits per heavy atom. The Hall–Kier alpha value is -3.42. The number of halogens is 1. The molecule has 7 heteroatoms. The SMILES string of the molecule is Cc1cc(OC(=O)Cc2ccccc2)cc2c1C(=O)/C(=C/c1cc(Br)cc3c1OCOC3)O2. The van der Waals surface area contributed by atoms with E-state index in [1.807, 2.05) is 42.5 Å². The molecule has 0 N–H and O–H groups in total. The van der Waals surface area contributed by atoms with Crippen molar-refractivity contribution in [1.29, 1.82) is 0 Å². The van der Waals surface area contributed by atoms with Gasteiger partial charge in [-0.05, 0) is 42.3 Å². The van der Waals surface area contributed by atoms with Gasteiger partial charge in [0.1, 0.15) is 17.2 Å². The molecule has 33 heavy (non-hydrogen) atoms. The average molecular weight is 507 g/mol. The van der Waals surface area contributed by atoms with Gasteiger partial charge in [-0.3, -0.25) is 9.59 Å². The fourth-order valence-electron chi connectivity index (χ4n) is 3.92. The van der Waals surface area contributed by atoms with Gasteiger partial charge < -0.3 is 18.9 Å². The van der Waals surface area contributed by atoms with E-state index >= 15 is 0 Å². The second-order valence-electron chi connectivity index (χ2n) is 7.78. The summed E-state index contributed by atoms with van der Waals surface area (Å²) in [6.45, 7) is 2.37. The fraction of sp³-hybridized carbons (Fsp3) is 0.154. The lowest BCUT2D eigenvalue weighted by atomic mass is 10.0. The molecule has 0 aliphatic carbocycles. The zero-order chi connectivity index (χ0) is 22.9. The Morgan fingerprint density at radius 3 is 2.79 bits per heavy atom. The minimum Gasteiger partial charge on any atom is -0.467 e. The first-order valence-corrected chi connectivity index (χ1v) is 11.1. The Morgan fingerprint density at radius 1 is 1.15 bits per heavy atom. The van der Waals surface area contributed by atoms with Gasteiger partial charge in [-0.15, -0.1) is 0 Å². The number of fused-ring (bicyclic) bond motifs is 2. The molecule has 6 nitrogen and oxygen atoms in total. The van der Waals surface area contributed by atoms with E-state index in [-0.39, 0.29) is 30.7 Å². The van der Waals surface area contributed by atoms with Crippen molar-refractivity contribution < 1.29 is 28.5 Å². The number of allylic oxidation sites excluding steroid dienone is 1.